The quantitative estimate of drug-likeness (QED) is 0.209. The Balaban J connectivity index is 1.74. The van der Waals surface area contributed by atoms with E-state index in [0.29, 0.717) is 30.3 Å². The predicted molar refractivity (Wildman–Crippen MR) is 184 cm³/mol. The molecule has 0 spiro atoms. The maximum Gasteiger partial charge on any atom is 0.264 e. The number of ether oxygens (including phenoxy) is 4. The third-order valence-electron chi connectivity index (χ3n) is 8.51. The highest BCUT2D eigenvalue weighted by Crippen LogP contribution is 2.33. The van der Waals surface area contributed by atoms with Crippen LogP contribution in [0.15, 0.2) is 71.6 Å². The summed E-state index contributed by atoms with van der Waals surface area (Å²) in [5.41, 5.74) is 1.02. The highest BCUT2D eigenvalue weighted by molar-refractivity contribution is 7.92. The van der Waals surface area contributed by atoms with Crippen LogP contribution in [-0.2, 0) is 26.2 Å². The van der Waals surface area contributed by atoms with Gasteiger partial charge in [0.15, 0.2) is 11.5 Å². The van der Waals surface area contributed by atoms with Crippen LogP contribution in [0.4, 0.5) is 5.69 Å². The zero-order chi connectivity index (χ0) is 34.7. The zero-order valence-corrected chi connectivity index (χ0v) is 29.3. The van der Waals surface area contributed by atoms with E-state index < -0.39 is 28.5 Å². The van der Waals surface area contributed by atoms with Gasteiger partial charge in [-0.05, 0) is 80.3 Å². The Labute approximate surface area is 284 Å². The van der Waals surface area contributed by atoms with Crippen LogP contribution in [0.2, 0.25) is 0 Å². The molecule has 1 aliphatic carbocycles. The summed E-state index contributed by atoms with van der Waals surface area (Å²) < 4.78 is 51.4. The standard InChI is InChI=1S/C36H47N3O8S/c1-6-32(36(41)37-27-11-9-8-10-12-27)38(24-26-13-17-29(44-3)18-14-26)35(40)25-39(28-15-19-30(20-16-28)47-7-2)48(42,43)31-21-22-33(45-4)34(23-31)46-5/h13-23,27,32H,6-12,24-25H2,1-5H3,(H,37,41)/t32-/m1/s1. The van der Waals surface area contributed by atoms with Crippen molar-refractivity contribution in [1.82, 2.24) is 10.2 Å². The Kier molecular flexibility index (Phi) is 13.0. The van der Waals surface area contributed by atoms with Crippen molar-refractivity contribution >= 4 is 27.5 Å². The van der Waals surface area contributed by atoms with E-state index in [1.165, 1.54) is 37.3 Å². The Morgan fingerprint density at radius 1 is 0.833 bits per heavy atom. The number of benzene rings is 3. The van der Waals surface area contributed by atoms with Crippen LogP contribution in [0.1, 0.15) is 57.9 Å². The van der Waals surface area contributed by atoms with Crippen LogP contribution in [0.5, 0.6) is 23.0 Å². The molecule has 48 heavy (non-hydrogen) atoms. The third-order valence-corrected chi connectivity index (χ3v) is 10.3. The first-order chi connectivity index (χ1) is 23.1. The number of hydrogen-bond donors (Lipinski definition) is 1. The molecule has 0 radical (unpaired) electrons. The number of hydrogen-bond acceptors (Lipinski definition) is 8. The predicted octanol–water partition coefficient (Wildman–Crippen LogP) is 5.56. The number of amides is 2. The minimum Gasteiger partial charge on any atom is -0.497 e. The molecule has 1 aliphatic rings. The third kappa shape index (κ3) is 8.91. The minimum absolute atomic E-state index is 0.0454. The number of carbonyl (C=O) groups is 2. The molecule has 1 saturated carbocycles. The molecule has 2 amide bonds. The van der Waals surface area contributed by atoms with Gasteiger partial charge in [0.2, 0.25) is 11.8 Å². The van der Waals surface area contributed by atoms with Gasteiger partial charge in [0, 0.05) is 18.7 Å². The monoisotopic (exact) mass is 681 g/mol. The van der Waals surface area contributed by atoms with Gasteiger partial charge in [0.05, 0.1) is 38.5 Å². The van der Waals surface area contributed by atoms with Crippen molar-refractivity contribution in [2.75, 3.05) is 38.8 Å². The largest absolute Gasteiger partial charge is 0.497 e. The fourth-order valence-electron chi connectivity index (χ4n) is 5.90. The second kappa shape index (κ2) is 17.1. The maximum atomic E-state index is 14.5. The second-order valence-electron chi connectivity index (χ2n) is 11.6. The van der Waals surface area contributed by atoms with Crippen LogP contribution in [0, 0.1) is 0 Å². The topological polar surface area (TPSA) is 124 Å². The smallest absolute Gasteiger partial charge is 0.264 e. The molecule has 260 valence electrons. The molecule has 3 aromatic rings. The van der Waals surface area contributed by atoms with E-state index in [1.54, 1.807) is 43.5 Å². The number of rotatable bonds is 16. The molecule has 12 heteroatoms. The van der Waals surface area contributed by atoms with Crippen molar-refractivity contribution in [3.8, 4) is 23.0 Å². The Morgan fingerprint density at radius 2 is 1.48 bits per heavy atom. The summed E-state index contributed by atoms with van der Waals surface area (Å²) in [5.74, 6) is 1.02. The first-order valence-corrected chi connectivity index (χ1v) is 17.8. The van der Waals surface area contributed by atoms with E-state index in [2.05, 4.69) is 5.32 Å². The molecule has 1 fully saturated rings. The number of nitrogens with one attached hydrogen (secondary N) is 1. The molecule has 0 saturated heterocycles. The zero-order valence-electron chi connectivity index (χ0n) is 28.4. The van der Waals surface area contributed by atoms with Crippen molar-refractivity contribution in [3.63, 3.8) is 0 Å². The Bertz CT molecular complexity index is 1610. The summed E-state index contributed by atoms with van der Waals surface area (Å²) in [4.78, 5) is 29.6. The number of anilines is 1. The van der Waals surface area contributed by atoms with Crippen molar-refractivity contribution < 1.29 is 37.0 Å². The van der Waals surface area contributed by atoms with E-state index in [9.17, 15) is 18.0 Å². The van der Waals surface area contributed by atoms with Crippen molar-refractivity contribution in [2.24, 2.45) is 0 Å². The van der Waals surface area contributed by atoms with E-state index in [0.717, 1.165) is 42.0 Å². The average molecular weight is 682 g/mol. The maximum absolute atomic E-state index is 14.5. The van der Waals surface area contributed by atoms with Gasteiger partial charge >= 0.3 is 0 Å². The first-order valence-electron chi connectivity index (χ1n) is 16.4. The number of nitrogens with zero attached hydrogens (tertiary/aromatic N) is 2. The lowest BCUT2D eigenvalue weighted by atomic mass is 9.95. The Hall–Kier alpha value is -4.45. The second-order valence-corrected chi connectivity index (χ2v) is 13.5. The van der Waals surface area contributed by atoms with Gasteiger partial charge in [0.1, 0.15) is 24.1 Å². The molecule has 0 aliphatic heterocycles. The van der Waals surface area contributed by atoms with Gasteiger partial charge in [0.25, 0.3) is 10.0 Å². The molecule has 1 N–H and O–H groups in total. The minimum atomic E-state index is -4.33. The molecule has 3 aromatic carbocycles. The van der Waals surface area contributed by atoms with Gasteiger partial charge in [-0.1, -0.05) is 38.3 Å². The van der Waals surface area contributed by atoms with E-state index in [4.69, 9.17) is 18.9 Å². The SMILES string of the molecule is CCOc1ccc(N(CC(=O)N(Cc2ccc(OC)cc2)[C@H](CC)C(=O)NC2CCCCC2)S(=O)(=O)c2ccc(OC)c(OC)c2)cc1. The summed E-state index contributed by atoms with van der Waals surface area (Å²) in [6, 6.07) is 17.2. The molecule has 11 nitrogen and oxygen atoms in total. The van der Waals surface area contributed by atoms with Crippen LogP contribution in [0.25, 0.3) is 0 Å². The fourth-order valence-corrected chi connectivity index (χ4v) is 7.33. The van der Waals surface area contributed by atoms with Gasteiger partial charge in [-0.15, -0.1) is 0 Å². The number of methoxy groups -OCH3 is 3. The molecule has 0 bridgehead atoms. The normalized spacial score (nSPS) is 14.0. The molecule has 0 aromatic heterocycles. The van der Waals surface area contributed by atoms with Gasteiger partial charge in [-0.2, -0.15) is 0 Å². The first kappa shape index (κ1) is 36.4. The van der Waals surface area contributed by atoms with Gasteiger partial charge < -0.3 is 29.2 Å². The molecule has 4 rings (SSSR count). The summed E-state index contributed by atoms with van der Waals surface area (Å²) >= 11 is 0. The van der Waals surface area contributed by atoms with E-state index in [1.807, 2.05) is 26.0 Å². The average Bonchev–Trinajstić information content (AvgIpc) is 3.11. The molecule has 1 atom stereocenters. The van der Waals surface area contributed by atoms with Crippen LogP contribution in [0.3, 0.4) is 0 Å². The van der Waals surface area contributed by atoms with E-state index in [-0.39, 0.29) is 34.8 Å². The fraction of sp³-hybridized carbons (Fsp3) is 0.444. The summed E-state index contributed by atoms with van der Waals surface area (Å²) in [6.07, 6.45) is 5.35. The van der Waals surface area contributed by atoms with Crippen molar-refractivity contribution in [1.29, 1.82) is 0 Å². The van der Waals surface area contributed by atoms with Gasteiger partial charge in [-0.3, -0.25) is 13.9 Å². The van der Waals surface area contributed by atoms with Crippen molar-refractivity contribution in [3.05, 3.63) is 72.3 Å². The summed E-state index contributed by atoms with van der Waals surface area (Å²) in [5, 5.41) is 3.17. The highest BCUT2D eigenvalue weighted by Gasteiger charge is 2.35. The molecule has 0 heterocycles. The highest BCUT2D eigenvalue weighted by atomic mass is 32.2. The van der Waals surface area contributed by atoms with Crippen LogP contribution in [-0.4, -0.2) is 71.7 Å². The molecular weight excluding hydrogens is 634 g/mol. The lowest BCUT2D eigenvalue weighted by Crippen LogP contribution is -2.54. The Morgan fingerprint density at radius 3 is 2.06 bits per heavy atom. The number of sulfonamides is 1. The number of carbonyl (C=O) groups excluding carboxylic acids is 2. The molecule has 0 unspecified atom stereocenters. The lowest BCUT2D eigenvalue weighted by molar-refractivity contribution is -0.140. The molecular formula is C36H47N3O8S. The van der Waals surface area contributed by atoms with Crippen molar-refractivity contribution in [2.45, 2.75) is 75.9 Å². The van der Waals surface area contributed by atoms with Gasteiger partial charge in [-0.25, -0.2) is 8.42 Å². The summed E-state index contributed by atoms with van der Waals surface area (Å²) in [6.45, 7) is 3.67. The summed E-state index contributed by atoms with van der Waals surface area (Å²) in [7, 11) is 0.121. The lowest BCUT2D eigenvalue weighted by Gasteiger charge is -2.34. The van der Waals surface area contributed by atoms with E-state index >= 15 is 0 Å². The van der Waals surface area contributed by atoms with Crippen LogP contribution < -0.4 is 28.6 Å². The van der Waals surface area contributed by atoms with Crippen LogP contribution >= 0.6 is 0 Å².